The van der Waals surface area contributed by atoms with E-state index in [1.54, 1.807) is 4.90 Å². The maximum absolute atomic E-state index is 12.4. The second-order valence-corrected chi connectivity index (χ2v) is 5.13. The standard InChI is InChI=1S/C13H24N2O3/c1-10(2)15(9-7-12(16)17)13(18)11-6-4-3-5-8-14-11/h10-11,14H,3-9H2,1-2H3,(H,16,17). The molecule has 0 saturated carbocycles. The number of carbonyl (C=O) groups excluding carboxylic acids is 1. The molecule has 1 unspecified atom stereocenters. The van der Waals surface area contributed by atoms with Gasteiger partial charge in [0.1, 0.15) is 0 Å². The minimum atomic E-state index is -0.859. The molecule has 1 fully saturated rings. The molecule has 2 N–H and O–H groups in total. The summed E-state index contributed by atoms with van der Waals surface area (Å²) in [7, 11) is 0. The number of nitrogens with zero attached hydrogens (tertiary/aromatic N) is 1. The fourth-order valence-electron chi connectivity index (χ4n) is 2.28. The van der Waals surface area contributed by atoms with Gasteiger partial charge in [0, 0.05) is 12.6 Å². The van der Waals surface area contributed by atoms with E-state index in [4.69, 9.17) is 5.11 Å². The number of rotatable bonds is 5. The molecular weight excluding hydrogens is 232 g/mol. The largest absolute Gasteiger partial charge is 0.481 e. The zero-order chi connectivity index (χ0) is 13.5. The van der Waals surface area contributed by atoms with Crippen LogP contribution in [-0.2, 0) is 9.59 Å². The van der Waals surface area contributed by atoms with Gasteiger partial charge in [-0.25, -0.2) is 0 Å². The zero-order valence-corrected chi connectivity index (χ0v) is 11.3. The molecular formula is C13H24N2O3. The first-order chi connectivity index (χ1) is 8.52. The Kier molecular flexibility index (Phi) is 6.12. The Morgan fingerprint density at radius 1 is 1.33 bits per heavy atom. The molecule has 5 nitrogen and oxygen atoms in total. The van der Waals surface area contributed by atoms with Gasteiger partial charge in [0.2, 0.25) is 5.91 Å². The van der Waals surface area contributed by atoms with Crippen LogP contribution in [0.2, 0.25) is 0 Å². The number of carboxylic acids is 1. The van der Waals surface area contributed by atoms with E-state index in [1.165, 1.54) is 0 Å². The lowest BCUT2D eigenvalue weighted by atomic mass is 10.1. The Labute approximate surface area is 109 Å². The van der Waals surface area contributed by atoms with E-state index in [0.29, 0.717) is 6.54 Å². The summed E-state index contributed by atoms with van der Waals surface area (Å²) in [5.74, 6) is -0.810. The molecule has 1 aliphatic rings. The smallest absolute Gasteiger partial charge is 0.305 e. The van der Waals surface area contributed by atoms with Crippen molar-refractivity contribution in [2.45, 2.75) is 58.0 Å². The molecule has 1 rings (SSSR count). The lowest BCUT2D eigenvalue weighted by Crippen LogP contribution is -2.49. The van der Waals surface area contributed by atoms with Crippen LogP contribution in [0.5, 0.6) is 0 Å². The van der Waals surface area contributed by atoms with Crippen molar-refractivity contribution < 1.29 is 14.7 Å². The molecule has 0 radical (unpaired) electrons. The van der Waals surface area contributed by atoms with Crippen molar-refractivity contribution in [1.29, 1.82) is 0 Å². The van der Waals surface area contributed by atoms with Crippen LogP contribution < -0.4 is 5.32 Å². The van der Waals surface area contributed by atoms with Crippen molar-refractivity contribution in [3.05, 3.63) is 0 Å². The van der Waals surface area contributed by atoms with Gasteiger partial charge in [-0.15, -0.1) is 0 Å². The Bertz CT molecular complexity index is 284. The van der Waals surface area contributed by atoms with E-state index in [0.717, 1.165) is 32.2 Å². The van der Waals surface area contributed by atoms with Crippen LogP contribution in [0.3, 0.4) is 0 Å². The second kappa shape index (κ2) is 7.36. The highest BCUT2D eigenvalue weighted by atomic mass is 16.4. The Hall–Kier alpha value is -1.10. The van der Waals surface area contributed by atoms with E-state index < -0.39 is 5.97 Å². The molecule has 0 aromatic rings. The molecule has 1 saturated heterocycles. The number of aliphatic carboxylic acids is 1. The van der Waals surface area contributed by atoms with Crippen molar-refractivity contribution in [3.8, 4) is 0 Å². The maximum Gasteiger partial charge on any atom is 0.305 e. The van der Waals surface area contributed by atoms with Crippen LogP contribution in [0.1, 0.15) is 46.0 Å². The van der Waals surface area contributed by atoms with Gasteiger partial charge >= 0.3 is 5.97 Å². The quantitative estimate of drug-likeness (QED) is 0.776. The average molecular weight is 256 g/mol. The summed E-state index contributed by atoms with van der Waals surface area (Å²) in [4.78, 5) is 24.7. The molecule has 0 aromatic heterocycles. The summed E-state index contributed by atoms with van der Waals surface area (Å²) in [6.45, 7) is 5.03. The van der Waals surface area contributed by atoms with Gasteiger partial charge < -0.3 is 15.3 Å². The number of hydrogen-bond donors (Lipinski definition) is 2. The minimum absolute atomic E-state index is 0.0106. The highest BCUT2D eigenvalue weighted by Gasteiger charge is 2.26. The van der Waals surface area contributed by atoms with Gasteiger partial charge in [-0.2, -0.15) is 0 Å². The molecule has 104 valence electrons. The van der Waals surface area contributed by atoms with Crippen LogP contribution in [0.15, 0.2) is 0 Å². The predicted octanol–water partition coefficient (Wildman–Crippen LogP) is 1.23. The molecule has 1 atom stereocenters. The fourth-order valence-corrected chi connectivity index (χ4v) is 2.28. The number of carboxylic acid groups (broad SMARTS) is 1. The van der Waals surface area contributed by atoms with Crippen molar-refractivity contribution >= 4 is 11.9 Å². The van der Waals surface area contributed by atoms with Gasteiger partial charge in [-0.1, -0.05) is 12.8 Å². The third kappa shape index (κ3) is 4.64. The van der Waals surface area contributed by atoms with E-state index in [-0.39, 0.29) is 24.4 Å². The monoisotopic (exact) mass is 256 g/mol. The first-order valence-electron chi connectivity index (χ1n) is 6.78. The molecule has 1 aliphatic heterocycles. The van der Waals surface area contributed by atoms with Crippen LogP contribution >= 0.6 is 0 Å². The van der Waals surface area contributed by atoms with Crippen molar-refractivity contribution in [2.75, 3.05) is 13.1 Å². The molecule has 1 heterocycles. The van der Waals surface area contributed by atoms with Gasteiger partial charge in [-0.05, 0) is 33.2 Å². The third-order valence-corrected chi connectivity index (χ3v) is 3.33. The zero-order valence-electron chi connectivity index (χ0n) is 11.3. The first kappa shape index (κ1) is 15.0. The average Bonchev–Trinajstić information content (AvgIpc) is 2.56. The Balaban J connectivity index is 2.59. The lowest BCUT2D eigenvalue weighted by Gasteiger charge is -2.30. The van der Waals surface area contributed by atoms with Crippen LogP contribution in [-0.4, -0.2) is 47.1 Å². The normalized spacial score (nSPS) is 20.5. The van der Waals surface area contributed by atoms with Crippen molar-refractivity contribution in [2.24, 2.45) is 0 Å². The molecule has 1 amide bonds. The van der Waals surface area contributed by atoms with Gasteiger partial charge in [0.05, 0.1) is 12.5 Å². The first-order valence-corrected chi connectivity index (χ1v) is 6.78. The number of nitrogens with one attached hydrogen (secondary N) is 1. The summed E-state index contributed by atoms with van der Waals surface area (Å²) in [6.07, 6.45) is 4.20. The van der Waals surface area contributed by atoms with Crippen molar-refractivity contribution in [3.63, 3.8) is 0 Å². The number of carbonyl (C=O) groups is 2. The van der Waals surface area contributed by atoms with Crippen molar-refractivity contribution in [1.82, 2.24) is 10.2 Å². The van der Waals surface area contributed by atoms with Gasteiger partial charge in [-0.3, -0.25) is 9.59 Å². The number of hydrogen-bond acceptors (Lipinski definition) is 3. The summed E-state index contributed by atoms with van der Waals surface area (Å²) in [6, 6.07) is -0.0920. The summed E-state index contributed by atoms with van der Waals surface area (Å²) < 4.78 is 0. The van der Waals surface area contributed by atoms with Crippen LogP contribution in [0.4, 0.5) is 0 Å². The molecule has 18 heavy (non-hydrogen) atoms. The highest BCUT2D eigenvalue weighted by molar-refractivity contribution is 5.82. The molecule has 0 aliphatic carbocycles. The fraction of sp³-hybridized carbons (Fsp3) is 0.846. The molecule has 0 spiro atoms. The minimum Gasteiger partial charge on any atom is -0.481 e. The predicted molar refractivity (Wildman–Crippen MR) is 69.4 cm³/mol. The Morgan fingerprint density at radius 2 is 2.06 bits per heavy atom. The summed E-state index contributed by atoms with van der Waals surface area (Å²) in [5.41, 5.74) is 0. The molecule has 5 heteroatoms. The maximum atomic E-state index is 12.4. The highest BCUT2D eigenvalue weighted by Crippen LogP contribution is 2.12. The van der Waals surface area contributed by atoms with Crippen LogP contribution in [0, 0.1) is 0 Å². The Morgan fingerprint density at radius 3 is 2.67 bits per heavy atom. The molecule has 0 aromatic carbocycles. The lowest BCUT2D eigenvalue weighted by molar-refractivity contribution is -0.139. The summed E-state index contributed by atoms with van der Waals surface area (Å²) >= 11 is 0. The number of amides is 1. The topological polar surface area (TPSA) is 69.6 Å². The van der Waals surface area contributed by atoms with Gasteiger partial charge in [0.25, 0.3) is 0 Å². The second-order valence-electron chi connectivity index (χ2n) is 5.13. The summed E-state index contributed by atoms with van der Waals surface area (Å²) in [5, 5.41) is 12.0. The SMILES string of the molecule is CC(C)N(CCC(=O)O)C(=O)C1CCCCCN1. The third-order valence-electron chi connectivity index (χ3n) is 3.33. The van der Waals surface area contributed by atoms with E-state index >= 15 is 0 Å². The van der Waals surface area contributed by atoms with E-state index in [1.807, 2.05) is 13.8 Å². The van der Waals surface area contributed by atoms with Gasteiger partial charge in [0.15, 0.2) is 0 Å². The molecule has 0 bridgehead atoms. The van der Waals surface area contributed by atoms with E-state index in [2.05, 4.69) is 5.32 Å². The van der Waals surface area contributed by atoms with E-state index in [9.17, 15) is 9.59 Å². The van der Waals surface area contributed by atoms with Crippen LogP contribution in [0.25, 0.3) is 0 Å².